The summed E-state index contributed by atoms with van der Waals surface area (Å²) in [6.07, 6.45) is 9.57. The molecule has 1 saturated heterocycles. The SMILES string of the molecule is CCCC1NC(CCC)N(C2CCC(C)CC2)C1=O. The van der Waals surface area contributed by atoms with Crippen LogP contribution in [0.25, 0.3) is 0 Å². The van der Waals surface area contributed by atoms with Crippen molar-refractivity contribution in [1.82, 2.24) is 10.2 Å². The molecule has 3 heteroatoms. The average molecular weight is 266 g/mol. The number of nitrogens with zero attached hydrogens (tertiary/aromatic N) is 1. The third-order valence-corrected chi connectivity index (χ3v) is 4.80. The highest BCUT2D eigenvalue weighted by atomic mass is 16.2. The maximum absolute atomic E-state index is 12.6. The van der Waals surface area contributed by atoms with Crippen molar-refractivity contribution in [3.8, 4) is 0 Å². The molecule has 0 aromatic carbocycles. The molecule has 1 aliphatic carbocycles. The van der Waals surface area contributed by atoms with E-state index in [2.05, 4.69) is 31.0 Å². The second-order valence-electron chi connectivity index (χ2n) is 6.47. The lowest BCUT2D eigenvalue weighted by Crippen LogP contribution is -2.46. The van der Waals surface area contributed by atoms with Gasteiger partial charge < -0.3 is 4.90 Å². The molecule has 3 nitrogen and oxygen atoms in total. The van der Waals surface area contributed by atoms with Gasteiger partial charge >= 0.3 is 0 Å². The quantitative estimate of drug-likeness (QED) is 0.828. The maximum atomic E-state index is 12.6. The summed E-state index contributed by atoms with van der Waals surface area (Å²) in [5, 5.41) is 3.58. The highest BCUT2D eigenvalue weighted by molar-refractivity contribution is 5.84. The van der Waals surface area contributed by atoms with E-state index in [1.165, 1.54) is 25.7 Å². The highest BCUT2D eigenvalue weighted by Crippen LogP contribution is 2.31. The van der Waals surface area contributed by atoms with E-state index in [4.69, 9.17) is 0 Å². The van der Waals surface area contributed by atoms with Crippen molar-refractivity contribution in [2.24, 2.45) is 5.92 Å². The molecular weight excluding hydrogens is 236 g/mol. The lowest BCUT2D eigenvalue weighted by atomic mass is 9.86. The lowest BCUT2D eigenvalue weighted by Gasteiger charge is -2.37. The average Bonchev–Trinajstić information content (AvgIpc) is 2.69. The van der Waals surface area contributed by atoms with Crippen LogP contribution in [0.3, 0.4) is 0 Å². The van der Waals surface area contributed by atoms with Gasteiger partial charge in [-0.3, -0.25) is 10.1 Å². The van der Waals surface area contributed by atoms with Crippen LogP contribution >= 0.6 is 0 Å². The fourth-order valence-corrected chi connectivity index (χ4v) is 3.66. The van der Waals surface area contributed by atoms with Crippen LogP contribution < -0.4 is 5.32 Å². The number of rotatable bonds is 5. The molecule has 1 amide bonds. The molecule has 0 bridgehead atoms. The molecule has 0 radical (unpaired) electrons. The van der Waals surface area contributed by atoms with Gasteiger partial charge in [-0.05, 0) is 44.4 Å². The number of nitrogens with one attached hydrogen (secondary N) is 1. The normalized spacial score (nSPS) is 35.9. The van der Waals surface area contributed by atoms with E-state index in [0.717, 1.165) is 31.6 Å². The zero-order chi connectivity index (χ0) is 13.8. The summed E-state index contributed by atoms with van der Waals surface area (Å²) in [6, 6.07) is 0.579. The Morgan fingerprint density at radius 3 is 2.32 bits per heavy atom. The van der Waals surface area contributed by atoms with Crippen molar-refractivity contribution >= 4 is 5.91 Å². The van der Waals surface area contributed by atoms with Gasteiger partial charge in [-0.25, -0.2) is 0 Å². The molecule has 1 aliphatic heterocycles. The Balaban J connectivity index is 2.04. The van der Waals surface area contributed by atoms with Crippen LogP contribution in [0.4, 0.5) is 0 Å². The van der Waals surface area contributed by atoms with Gasteiger partial charge in [-0.2, -0.15) is 0 Å². The van der Waals surface area contributed by atoms with Crippen molar-refractivity contribution in [3.63, 3.8) is 0 Å². The molecule has 2 rings (SSSR count). The van der Waals surface area contributed by atoms with Crippen LogP contribution in [0, 0.1) is 5.92 Å². The minimum absolute atomic E-state index is 0.0842. The van der Waals surface area contributed by atoms with E-state index in [0.29, 0.717) is 18.1 Å². The predicted molar refractivity (Wildman–Crippen MR) is 78.8 cm³/mol. The first-order chi connectivity index (χ1) is 9.17. The van der Waals surface area contributed by atoms with Crippen LogP contribution in [0.15, 0.2) is 0 Å². The van der Waals surface area contributed by atoms with E-state index >= 15 is 0 Å². The fourth-order valence-electron chi connectivity index (χ4n) is 3.66. The minimum Gasteiger partial charge on any atom is -0.323 e. The summed E-state index contributed by atoms with van der Waals surface area (Å²) >= 11 is 0. The Morgan fingerprint density at radius 1 is 1.11 bits per heavy atom. The second-order valence-corrected chi connectivity index (χ2v) is 6.47. The molecule has 0 aromatic heterocycles. The Labute approximate surface area is 118 Å². The number of hydrogen-bond donors (Lipinski definition) is 1. The van der Waals surface area contributed by atoms with E-state index < -0.39 is 0 Å². The van der Waals surface area contributed by atoms with Gasteiger partial charge in [-0.1, -0.05) is 33.6 Å². The summed E-state index contributed by atoms with van der Waals surface area (Å²) < 4.78 is 0. The maximum Gasteiger partial charge on any atom is 0.241 e. The van der Waals surface area contributed by atoms with Crippen LogP contribution in [0.2, 0.25) is 0 Å². The van der Waals surface area contributed by atoms with Crippen molar-refractivity contribution in [1.29, 1.82) is 0 Å². The number of carbonyl (C=O) groups is 1. The van der Waals surface area contributed by atoms with E-state index in [1.54, 1.807) is 0 Å². The molecule has 2 aliphatic rings. The first-order valence-electron chi connectivity index (χ1n) is 8.25. The first-order valence-corrected chi connectivity index (χ1v) is 8.25. The molecule has 0 spiro atoms. The number of amides is 1. The van der Waals surface area contributed by atoms with Gasteiger partial charge in [0.05, 0.1) is 12.2 Å². The molecular formula is C16H30N2O. The van der Waals surface area contributed by atoms with Crippen molar-refractivity contribution in [2.75, 3.05) is 0 Å². The Bertz CT molecular complexity index is 295. The van der Waals surface area contributed by atoms with Crippen molar-refractivity contribution in [2.45, 2.75) is 90.4 Å². The van der Waals surface area contributed by atoms with Gasteiger partial charge in [-0.15, -0.1) is 0 Å². The number of hydrogen-bond acceptors (Lipinski definition) is 2. The van der Waals surface area contributed by atoms with Crippen molar-refractivity contribution in [3.05, 3.63) is 0 Å². The topological polar surface area (TPSA) is 32.3 Å². The first kappa shape index (κ1) is 14.8. The molecule has 1 saturated carbocycles. The largest absolute Gasteiger partial charge is 0.323 e. The van der Waals surface area contributed by atoms with Gasteiger partial charge in [0, 0.05) is 6.04 Å². The smallest absolute Gasteiger partial charge is 0.241 e. The standard InChI is InChI=1S/C16H30N2O/c1-4-6-14-16(19)18(15(17-14)7-5-2)13-10-8-12(3)9-11-13/h12-15,17H,4-11H2,1-3H3. The highest BCUT2D eigenvalue weighted by Gasteiger charge is 2.41. The van der Waals surface area contributed by atoms with Gasteiger partial charge in [0.2, 0.25) is 5.91 Å². The molecule has 2 unspecified atom stereocenters. The Kier molecular flexibility index (Phi) is 5.26. The Morgan fingerprint density at radius 2 is 1.74 bits per heavy atom. The lowest BCUT2D eigenvalue weighted by molar-refractivity contribution is -0.133. The monoisotopic (exact) mass is 266 g/mol. The summed E-state index contributed by atoms with van der Waals surface area (Å²) in [4.78, 5) is 14.8. The fraction of sp³-hybridized carbons (Fsp3) is 0.938. The molecule has 2 fully saturated rings. The summed E-state index contributed by atoms with van der Waals surface area (Å²) in [7, 11) is 0. The van der Waals surface area contributed by atoms with E-state index in [9.17, 15) is 4.79 Å². The van der Waals surface area contributed by atoms with Gasteiger partial charge in [0.25, 0.3) is 0 Å². The van der Waals surface area contributed by atoms with Gasteiger partial charge in [0.1, 0.15) is 0 Å². The Hall–Kier alpha value is -0.570. The van der Waals surface area contributed by atoms with Crippen LogP contribution in [-0.4, -0.2) is 29.1 Å². The zero-order valence-corrected chi connectivity index (χ0v) is 12.8. The molecule has 1 heterocycles. The summed E-state index contributed by atoms with van der Waals surface area (Å²) in [5.74, 6) is 1.22. The van der Waals surface area contributed by atoms with Crippen LogP contribution in [0.1, 0.15) is 72.1 Å². The summed E-state index contributed by atoms with van der Waals surface area (Å²) in [5.41, 5.74) is 0. The zero-order valence-electron chi connectivity index (χ0n) is 12.8. The molecule has 1 N–H and O–H groups in total. The van der Waals surface area contributed by atoms with Crippen LogP contribution in [-0.2, 0) is 4.79 Å². The second kappa shape index (κ2) is 6.74. The minimum atomic E-state index is 0.0842. The summed E-state index contributed by atoms with van der Waals surface area (Å²) in [6.45, 7) is 6.71. The predicted octanol–water partition coefficient (Wildman–Crippen LogP) is 3.29. The molecule has 0 aromatic rings. The van der Waals surface area contributed by atoms with Crippen molar-refractivity contribution < 1.29 is 4.79 Å². The molecule has 19 heavy (non-hydrogen) atoms. The van der Waals surface area contributed by atoms with E-state index in [-0.39, 0.29) is 6.04 Å². The van der Waals surface area contributed by atoms with Gasteiger partial charge in [0.15, 0.2) is 0 Å². The molecule has 110 valence electrons. The van der Waals surface area contributed by atoms with Crippen LogP contribution in [0.5, 0.6) is 0 Å². The van der Waals surface area contributed by atoms with E-state index in [1.807, 2.05) is 0 Å². The third-order valence-electron chi connectivity index (χ3n) is 4.80. The number of carbonyl (C=O) groups excluding carboxylic acids is 1. The third kappa shape index (κ3) is 3.31. The molecule has 2 atom stereocenters.